The first kappa shape index (κ1) is 25.1. The van der Waals surface area contributed by atoms with Crippen LogP contribution in [0, 0.1) is 4.91 Å². The summed E-state index contributed by atoms with van der Waals surface area (Å²) >= 11 is 0. The van der Waals surface area contributed by atoms with Crippen LogP contribution < -0.4 is 5.32 Å². The number of nitrogens with zero attached hydrogens (tertiary/aromatic N) is 2. The van der Waals surface area contributed by atoms with E-state index in [-0.39, 0.29) is 29.1 Å². The summed E-state index contributed by atoms with van der Waals surface area (Å²) < 4.78 is 0. The predicted molar refractivity (Wildman–Crippen MR) is 123 cm³/mol. The van der Waals surface area contributed by atoms with Crippen molar-refractivity contribution in [2.75, 3.05) is 14.2 Å². The quantitative estimate of drug-likeness (QED) is 0.364. The SMILES string of the molecule is C=CCCC1=C(c2ccc(N=O)c(C=O)c2)C(C(=O)NC2CCCCC2)N(C)C1=O.CO. The normalized spacial score (nSPS) is 18.7. The van der Waals surface area contributed by atoms with Crippen molar-refractivity contribution < 1.29 is 19.5 Å². The van der Waals surface area contributed by atoms with Crippen LogP contribution in [0.2, 0.25) is 0 Å². The Balaban J connectivity index is 0.00000176. The molecule has 2 N–H and O–H groups in total. The molecule has 0 spiro atoms. The Hall–Kier alpha value is -3.13. The summed E-state index contributed by atoms with van der Waals surface area (Å²) in [6, 6.07) is 3.94. The summed E-state index contributed by atoms with van der Waals surface area (Å²) in [4.78, 5) is 50.1. The van der Waals surface area contributed by atoms with E-state index in [0.717, 1.165) is 32.8 Å². The standard InChI is InChI=1S/C23H27N3O4.CH4O/c1-3-4-10-18-20(15-11-12-19(25-30)16(13-15)14-27)21(26(2)23(18)29)22(28)24-17-8-6-5-7-9-17;1-2/h3,11-14,17,21H,1,4-10H2,2H3,(H,24,28);2H,1H3. The molecule has 1 saturated carbocycles. The van der Waals surface area contributed by atoms with Crippen LogP contribution in [0.3, 0.4) is 0 Å². The van der Waals surface area contributed by atoms with Gasteiger partial charge in [0, 0.05) is 31.3 Å². The molecule has 1 aromatic carbocycles. The van der Waals surface area contributed by atoms with Crippen molar-refractivity contribution in [1.29, 1.82) is 0 Å². The number of carbonyl (C=O) groups is 3. The van der Waals surface area contributed by atoms with E-state index in [0.29, 0.717) is 35.8 Å². The molecule has 1 atom stereocenters. The third-order valence-electron chi connectivity index (χ3n) is 5.93. The average molecular weight is 442 g/mol. The van der Waals surface area contributed by atoms with E-state index < -0.39 is 6.04 Å². The molecular formula is C24H31N3O5. The van der Waals surface area contributed by atoms with Gasteiger partial charge in [-0.15, -0.1) is 11.5 Å². The van der Waals surface area contributed by atoms with Crippen molar-refractivity contribution in [2.24, 2.45) is 5.18 Å². The highest BCUT2D eigenvalue weighted by Crippen LogP contribution is 2.37. The largest absolute Gasteiger partial charge is 0.400 e. The molecule has 1 heterocycles. The smallest absolute Gasteiger partial charge is 0.250 e. The second-order valence-corrected chi connectivity index (χ2v) is 7.86. The third-order valence-corrected chi connectivity index (χ3v) is 5.93. The summed E-state index contributed by atoms with van der Waals surface area (Å²) in [5.74, 6) is -0.424. The second kappa shape index (κ2) is 12.0. The van der Waals surface area contributed by atoms with Crippen LogP contribution in [0.25, 0.3) is 5.57 Å². The van der Waals surface area contributed by atoms with Crippen LogP contribution in [-0.4, -0.2) is 54.3 Å². The van der Waals surface area contributed by atoms with Gasteiger partial charge in [0.15, 0.2) is 6.29 Å². The fourth-order valence-corrected chi connectivity index (χ4v) is 4.36. The Kier molecular flexibility index (Phi) is 9.46. The zero-order valence-electron chi connectivity index (χ0n) is 18.7. The Morgan fingerprint density at radius 1 is 1.28 bits per heavy atom. The minimum Gasteiger partial charge on any atom is -0.400 e. The third kappa shape index (κ3) is 5.37. The van der Waals surface area contributed by atoms with E-state index in [4.69, 9.17) is 5.11 Å². The minimum absolute atomic E-state index is 0.0304. The van der Waals surface area contributed by atoms with Gasteiger partial charge in [0.1, 0.15) is 11.7 Å². The van der Waals surface area contributed by atoms with Gasteiger partial charge >= 0.3 is 0 Å². The van der Waals surface area contributed by atoms with Crippen molar-refractivity contribution in [3.8, 4) is 0 Å². The molecule has 32 heavy (non-hydrogen) atoms. The number of carbonyl (C=O) groups excluding carboxylic acids is 3. The number of aliphatic hydroxyl groups excluding tert-OH is 1. The lowest BCUT2D eigenvalue weighted by Crippen LogP contribution is -2.48. The van der Waals surface area contributed by atoms with Crippen molar-refractivity contribution in [3.63, 3.8) is 0 Å². The number of hydrogen-bond acceptors (Lipinski definition) is 6. The topological polar surface area (TPSA) is 116 Å². The molecule has 1 fully saturated rings. The monoisotopic (exact) mass is 441 g/mol. The van der Waals surface area contributed by atoms with Gasteiger partial charge in [-0.05, 0) is 54.1 Å². The average Bonchev–Trinajstić information content (AvgIpc) is 3.09. The number of nitrogens with one attached hydrogen (secondary N) is 1. The Morgan fingerprint density at radius 2 is 1.97 bits per heavy atom. The number of likely N-dealkylation sites (N-methyl/N-ethyl adjacent to an activating group) is 1. The van der Waals surface area contributed by atoms with Gasteiger partial charge in [-0.3, -0.25) is 14.4 Å². The van der Waals surface area contributed by atoms with E-state index in [9.17, 15) is 19.3 Å². The lowest BCUT2D eigenvalue weighted by atomic mass is 9.91. The van der Waals surface area contributed by atoms with Gasteiger partial charge in [0.05, 0.1) is 0 Å². The molecule has 1 aliphatic heterocycles. The molecule has 1 unspecified atom stereocenters. The number of aldehydes is 1. The minimum atomic E-state index is -0.784. The summed E-state index contributed by atoms with van der Waals surface area (Å²) in [5, 5.41) is 13.0. The Morgan fingerprint density at radius 3 is 2.56 bits per heavy atom. The molecule has 3 rings (SSSR count). The predicted octanol–water partition coefficient (Wildman–Crippen LogP) is 3.51. The molecule has 0 radical (unpaired) electrons. The molecule has 0 saturated heterocycles. The van der Waals surface area contributed by atoms with Gasteiger partial charge in [-0.1, -0.05) is 31.4 Å². The van der Waals surface area contributed by atoms with Crippen LogP contribution in [-0.2, 0) is 9.59 Å². The number of allylic oxidation sites excluding steroid dienone is 1. The molecule has 2 aliphatic rings. The molecule has 1 aliphatic carbocycles. The molecular weight excluding hydrogens is 410 g/mol. The van der Waals surface area contributed by atoms with Gasteiger partial charge < -0.3 is 15.3 Å². The molecule has 1 aromatic rings. The summed E-state index contributed by atoms with van der Waals surface area (Å²) in [6.45, 7) is 3.72. The van der Waals surface area contributed by atoms with Crippen LogP contribution >= 0.6 is 0 Å². The van der Waals surface area contributed by atoms with Crippen LogP contribution in [0.5, 0.6) is 0 Å². The van der Waals surface area contributed by atoms with E-state index >= 15 is 0 Å². The van der Waals surface area contributed by atoms with Gasteiger partial charge in [0.25, 0.3) is 5.91 Å². The summed E-state index contributed by atoms with van der Waals surface area (Å²) in [5.41, 5.74) is 1.85. The fourth-order valence-electron chi connectivity index (χ4n) is 4.36. The fraction of sp³-hybridized carbons (Fsp3) is 0.458. The van der Waals surface area contributed by atoms with Crippen molar-refractivity contribution >= 4 is 29.4 Å². The van der Waals surface area contributed by atoms with Crippen molar-refractivity contribution in [1.82, 2.24) is 10.2 Å². The first-order valence-electron chi connectivity index (χ1n) is 10.8. The highest BCUT2D eigenvalue weighted by atomic mass is 16.3. The Labute approximate surface area is 188 Å². The number of hydrogen-bond donors (Lipinski definition) is 2. The van der Waals surface area contributed by atoms with Crippen molar-refractivity contribution in [3.05, 3.63) is 52.5 Å². The van der Waals surface area contributed by atoms with E-state index in [2.05, 4.69) is 17.1 Å². The molecule has 0 bridgehead atoms. The maximum absolute atomic E-state index is 13.3. The molecule has 8 heteroatoms. The number of nitroso groups, excluding NO2 is 1. The van der Waals surface area contributed by atoms with Crippen LogP contribution in [0.4, 0.5) is 5.69 Å². The van der Waals surface area contributed by atoms with Gasteiger partial charge in [0.2, 0.25) is 5.91 Å². The highest BCUT2D eigenvalue weighted by Gasteiger charge is 2.42. The Bertz CT molecular complexity index is 903. The zero-order chi connectivity index (χ0) is 23.7. The first-order valence-corrected chi connectivity index (χ1v) is 10.8. The van der Waals surface area contributed by atoms with E-state index in [1.807, 2.05) is 0 Å². The lowest BCUT2D eigenvalue weighted by Gasteiger charge is -2.28. The summed E-state index contributed by atoms with van der Waals surface area (Å²) in [7, 11) is 2.62. The van der Waals surface area contributed by atoms with Crippen molar-refractivity contribution in [2.45, 2.75) is 57.0 Å². The highest BCUT2D eigenvalue weighted by molar-refractivity contribution is 6.14. The molecule has 8 nitrogen and oxygen atoms in total. The maximum Gasteiger partial charge on any atom is 0.250 e. The van der Waals surface area contributed by atoms with E-state index in [1.165, 1.54) is 23.5 Å². The van der Waals surface area contributed by atoms with Crippen LogP contribution in [0.15, 0.2) is 41.6 Å². The van der Waals surface area contributed by atoms with Gasteiger partial charge in [-0.2, -0.15) is 0 Å². The van der Waals surface area contributed by atoms with Crippen LogP contribution in [0.1, 0.15) is 60.9 Å². The number of amides is 2. The second-order valence-electron chi connectivity index (χ2n) is 7.86. The zero-order valence-corrected chi connectivity index (χ0v) is 18.7. The number of benzene rings is 1. The van der Waals surface area contributed by atoms with Gasteiger partial charge in [-0.25, -0.2) is 0 Å². The number of rotatable bonds is 8. The first-order chi connectivity index (χ1) is 15.5. The molecule has 172 valence electrons. The number of aliphatic hydroxyl groups is 1. The summed E-state index contributed by atoms with van der Waals surface area (Å²) in [6.07, 6.45) is 8.53. The lowest BCUT2D eigenvalue weighted by molar-refractivity contribution is -0.133. The molecule has 0 aromatic heterocycles. The van der Waals surface area contributed by atoms with E-state index in [1.54, 1.807) is 19.2 Å². The maximum atomic E-state index is 13.3. The molecule has 2 amide bonds.